The molecule has 5 nitrogen and oxygen atoms in total. The van der Waals surface area contributed by atoms with Crippen LogP contribution in [0.15, 0.2) is 60.8 Å². The molecule has 0 radical (unpaired) electrons. The van der Waals surface area contributed by atoms with Crippen molar-refractivity contribution in [2.75, 3.05) is 53.9 Å². The van der Waals surface area contributed by atoms with Crippen LogP contribution in [0.2, 0.25) is 0 Å². The maximum absolute atomic E-state index is 8.54. The standard InChI is InChI=1S/C14H24O.C14H22O.C6H14O3.Al.Li.4H/c2*1-2-3-4-5-6-7-8-9-10-11-12-13-14-15;1-7-3-5-9-6-4-8-2;;;;;;/h3-4,6-7,11-12,15H,2,5,8-10,13-14H2,1H3;3-4,6-7,15H,2,5,8-10,13-14H2,1H3;3-6H2,1-2H3;;;;;;/q;;;;+1;;;;-1/b4-3-,7-6-,12-11+;4-3-,7-6-;;;;;;;. The summed E-state index contributed by atoms with van der Waals surface area (Å²) in [5, 5.41) is 17.0. The van der Waals surface area contributed by atoms with Crippen molar-refractivity contribution in [3.05, 3.63) is 60.8 Å². The molecule has 0 heterocycles. The second-order valence-electron chi connectivity index (χ2n) is 8.41. The zero-order valence-electron chi connectivity index (χ0n) is 27.6. The molecule has 0 atom stereocenters. The Balaban J connectivity index is -0.000000115. The van der Waals surface area contributed by atoms with Crippen molar-refractivity contribution < 1.29 is 44.7 Å². The third-order valence-corrected chi connectivity index (χ3v) is 4.78. The van der Waals surface area contributed by atoms with E-state index in [1.54, 1.807) is 14.2 Å². The first-order chi connectivity index (χ1) is 19.2. The molecule has 0 aliphatic carbocycles. The van der Waals surface area contributed by atoms with Gasteiger partial charge in [-0.2, -0.15) is 0 Å². The van der Waals surface area contributed by atoms with Gasteiger partial charge in [-0.1, -0.05) is 74.6 Å². The van der Waals surface area contributed by atoms with Crippen molar-refractivity contribution in [1.29, 1.82) is 0 Å². The van der Waals surface area contributed by atoms with Gasteiger partial charge in [0.15, 0.2) is 17.4 Å². The summed E-state index contributed by atoms with van der Waals surface area (Å²) in [6, 6.07) is 0. The van der Waals surface area contributed by atoms with E-state index < -0.39 is 0 Å². The monoisotopic (exact) mass is 586 g/mol. The number of hydrogen-bond donors (Lipinski definition) is 2. The first-order valence-electron chi connectivity index (χ1n) is 14.7. The first kappa shape index (κ1) is 49.8. The number of unbranched alkanes of at least 4 members (excludes halogenated alkanes) is 4. The molecule has 0 aliphatic heterocycles. The largest absolute Gasteiger partial charge is 1.00 e. The minimum Gasteiger partial charge on any atom is -1.00 e. The average Bonchev–Trinajstić information content (AvgIpc) is 2.95. The van der Waals surface area contributed by atoms with Crippen LogP contribution in [-0.2, 0) is 14.2 Å². The van der Waals surface area contributed by atoms with Crippen molar-refractivity contribution >= 4 is 17.4 Å². The molecule has 0 amide bonds. The van der Waals surface area contributed by atoms with Gasteiger partial charge in [-0.05, 0) is 64.2 Å². The molecule has 0 rings (SSSR count). The van der Waals surface area contributed by atoms with E-state index in [2.05, 4.69) is 80.4 Å². The van der Waals surface area contributed by atoms with Gasteiger partial charge in [0.2, 0.25) is 0 Å². The molecule has 0 spiro atoms. The van der Waals surface area contributed by atoms with E-state index in [0.29, 0.717) is 32.8 Å². The molecule has 0 saturated heterocycles. The molecule has 0 aromatic carbocycles. The normalized spacial score (nSPS) is 10.7. The maximum Gasteiger partial charge on any atom is 1.00 e. The fourth-order valence-corrected chi connectivity index (χ4v) is 2.70. The second kappa shape index (κ2) is 55.2. The SMILES string of the molecule is CC/C=C\C/C=C\CCC/C=C/CCO.CC/C=C\C/C=C\CCCC#CCCO.COCCOCCOC.[AlH3].[H-].[Li+]. The van der Waals surface area contributed by atoms with Crippen LogP contribution in [0.5, 0.6) is 0 Å². The van der Waals surface area contributed by atoms with Crippen molar-refractivity contribution in [1.82, 2.24) is 0 Å². The van der Waals surface area contributed by atoms with E-state index in [1.165, 1.54) is 6.42 Å². The molecule has 7 heteroatoms. The molecule has 0 fully saturated rings. The fourth-order valence-electron chi connectivity index (χ4n) is 2.70. The van der Waals surface area contributed by atoms with Crippen LogP contribution >= 0.6 is 0 Å². The molecule has 2 N–H and O–H groups in total. The maximum atomic E-state index is 8.54. The summed E-state index contributed by atoms with van der Waals surface area (Å²) in [7, 11) is 3.30. The van der Waals surface area contributed by atoms with Crippen molar-refractivity contribution in [2.24, 2.45) is 0 Å². The van der Waals surface area contributed by atoms with Gasteiger partial charge in [0.1, 0.15) is 0 Å². The summed E-state index contributed by atoms with van der Waals surface area (Å²) in [4.78, 5) is 0. The minimum atomic E-state index is 0. The number of rotatable bonds is 22. The molecule has 234 valence electrons. The Morgan fingerprint density at radius 2 is 1.00 bits per heavy atom. The number of hydrogen-bond acceptors (Lipinski definition) is 5. The summed E-state index contributed by atoms with van der Waals surface area (Å²) in [6.45, 7) is 7.36. The number of allylic oxidation sites excluding steroid dienone is 9. The number of aliphatic hydroxyl groups excluding tert-OH is 2. The molecule has 41 heavy (non-hydrogen) atoms. The van der Waals surface area contributed by atoms with Crippen LogP contribution < -0.4 is 18.9 Å². The summed E-state index contributed by atoms with van der Waals surface area (Å²) in [5.74, 6) is 5.96. The van der Waals surface area contributed by atoms with Crippen molar-refractivity contribution in [2.45, 2.75) is 90.9 Å². The number of aliphatic hydroxyl groups is 2. The summed E-state index contributed by atoms with van der Waals surface area (Å²) in [6.07, 6.45) is 34.3. The predicted molar refractivity (Wildman–Crippen MR) is 180 cm³/mol. The Morgan fingerprint density at radius 1 is 0.561 bits per heavy atom. The molecule has 0 bridgehead atoms. The van der Waals surface area contributed by atoms with Gasteiger partial charge < -0.3 is 25.9 Å². The Morgan fingerprint density at radius 3 is 1.46 bits per heavy atom. The zero-order chi connectivity index (χ0) is 29.3. The van der Waals surface area contributed by atoms with E-state index in [4.69, 9.17) is 24.4 Å². The van der Waals surface area contributed by atoms with Gasteiger partial charge in [0.25, 0.3) is 0 Å². The Kier molecular flexibility index (Phi) is 67.1. The summed E-state index contributed by atoms with van der Waals surface area (Å²) in [5.41, 5.74) is 0. The molecular weight excluding hydrogens is 522 g/mol. The first-order valence-corrected chi connectivity index (χ1v) is 14.7. The molecule has 0 aromatic heterocycles. The summed E-state index contributed by atoms with van der Waals surface area (Å²) < 4.78 is 14.6. The fraction of sp³-hybridized carbons (Fsp3) is 0.647. The van der Waals surface area contributed by atoms with Crippen LogP contribution in [0.4, 0.5) is 0 Å². The van der Waals surface area contributed by atoms with Gasteiger partial charge in [-0.15, -0.1) is 11.8 Å². The van der Waals surface area contributed by atoms with Crippen LogP contribution in [0.25, 0.3) is 0 Å². The van der Waals surface area contributed by atoms with E-state index in [0.717, 1.165) is 64.2 Å². The van der Waals surface area contributed by atoms with Crippen LogP contribution in [0, 0.1) is 11.8 Å². The quantitative estimate of drug-likeness (QED) is 0.0877. The molecule has 0 saturated carbocycles. The molecule has 0 aliphatic rings. The third kappa shape index (κ3) is 63.6. The topological polar surface area (TPSA) is 68.2 Å². The molecule has 0 aromatic rings. The number of methoxy groups -OCH3 is 2. The van der Waals surface area contributed by atoms with E-state index in [1.807, 2.05) is 6.08 Å². The predicted octanol–water partition coefficient (Wildman–Crippen LogP) is 3.69. The Bertz CT molecular complexity index is 638. The molecule has 0 unspecified atom stereocenters. The van der Waals surface area contributed by atoms with E-state index in [9.17, 15) is 0 Å². The summed E-state index contributed by atoms with van der Waals surface area (Å²) >= 11 is 0. The molecular formula is C34H64AlLiO5. The van der Waals surface area contributed by atoms with E-state index in [-0.39, 0.29) is 50.9 Å². The average molecular weight is 587 g/mol. The minimum absolute atomic E-state index is 0. The van der Waals surface area contributed by atoms with Gasteiger partial charge in [-0.25, -0.2) is 0 Å². The van der Waals surface area contributed by atoms with Crippen LogP contribution in [0.3, 0.4) is 0 Å². The third-order valence-electron chi connectivity index (χ3n) is 4.78. The second-order valence-corrected chi connectivity index (χ2v) is 8.41. The van der Waals surface area contributed by atoms with Gasteiger partial charge in [0, 0.05) is 33.7 Å². The van der Waals surface area contributed by atoms with Crippen LogP contribution in [-0.4, -0.2) is 81.4 Å². The van der Waals surface area contributed by atoms with Gasteiger partial charge in [0.05, 0.1) is 33.0 Å². The zero-order valence-corrected chi connectivity index (χ0v) is 26.6. The van der Waals surface area contributed by atoms with Crippen molar-refractivity contribution in [3.63, 3.8) is 0 Å². The van der Waals surface area contributed by atoms with Crippen molar-refractivity contribution in [3.8, 4) is 11.8 Å². The Hall–Kier alpha value is -0.810. The Labute approximate surface area is 278 Å². The van der Waals surface area contributed by atoms with E-state index >= 15 is 0 Å². The van der Waals surface area contributed by atoms with Gasteiger partial charge in [-0.3, -0.25) is 0 Å². The van der Waals surface area contributed by atoms with Gasteiger partial charge >= 0.3 is 18.9 Å². The van der Waals surface area contributed by atoms with Crippen LogP contribution in [0.1, 0.15) is 92.3 Å². The smallest absolute Gasteiger partial charge is 1.00 e. The number of ether oxygens (including phenoxy) is 3.